The number of ether oxygens (including phenoxy) is 1. The first-order valence-corrected chi connectivity index (χ1v) is 9.53. The number of aromatic amines is 1. The summed E-state index contributed by atoms with van der Waals surface area (Å²) in [6.07, 6.45) is 5.48. The largest absolute Gasteiger partial charge is 0.497 e. The minimum atomic E-state index is 0.764. The van der Waals surface area contributed by atoms with Crippen molar-refractivity contribution in [3.8, 4) is 5.75 Å². The van der Waals surface area contributed by atoms with Crippen LogP contribution < -0.4 is 9.64 Å². The molecule has 1 saturated heterocycles. The second-order valence-electron chi connectivity index (χ2n) is 6.13. The van der Waals surface area contributed by atoms with Crippen LogP contribution in [0.15, 0.2) is 35.7 Å². The molecule has 7 heteroatoms. The number of imidazole rings is 1. The number of hydrogen-bond donors (Lipinski definition) is 1. The van der Waals surface area contributed by atoms with Crippen LogP contribution in [0.4, 0.5) is 5.82 Å². The summed E-state index contributed by atoms with van der Waals surface area (Å²) in [5, 5.41) is 0.890. The smallest absolute Gasteiger partial charge is 0.166 e. The number of nitrogens with zero attached hydrogens (tertiary/aromatic N) is 4. The highest BCUT2D eigenvalue weighted by Gasteiger charge is 2.13. The van der Waals surface area contributed by atoms with Gasteiger partial charge in [0.05, 0.1) is 23.8 Å². The number of aromatic nitrogens is 4. The molecule has 2 aromatic heterocycles. The van der Waals surface area contributed by atoms with Gasteiger partial charge in [-0.1, -0.05) is 11.8 Å². The summed E-state index contributed by atoms with van der Waals surface area (Å²) in [7, 11) is 1.67. The standard InChI is InChI=1S/C18H21N5OS/c1-24-14-5-6-15-16(10-14)22-18(21-15)25-11-13-9-17(20-12-19-13)23-7-3-2-4-8-23/h5-6,9-10,12H,2-4,7-8,11H2,1H3,(H,21,22). The number of rotatable bonds is 5. The molecule has 0 bridgehead atoms. The molecule has 1 fully saturated rings. The van der Waals surface area contributed by atoms with Crippen LogP contribution in [0.3, 0.4) is 0 Å². The molecule has 0 unspecified atom stereocenters. The number of hydrogen-bond acceptors (Lipinski definition) is 6. The fraction of sp³-hybridized carbons (Fsp3) is 0.389. The predicted octanol–water partition coefficient (Wildman–Crippen LogP) is 3.64. The molecular weight excluding hydrogens is 334 g/mol. The molecular formula is C18H21N5OS. The number of benzene rings is 1. The summed E-state index contributed by atoms with van der Waals surface area (Å²) < 4.78 is 5.25. The van der Waals surface area contributed by atoms with Crippen LogP contribution in [-0.4, -0.2) is 40.1 Å². The van der Waals surface area contributed by atoms with Gasteiger partial charge in [0.15, 0.2) is 5.16 Å². The van der Waals surface area contributed by atoms with Crippen molar-refractivity contribution in [2.75, 3.05) is 25.1 Å². The van der Waals surface area contributed by atoms with E-state index >= 15 is 0 Å². The highest BCUT2D eigenvalue weighted by Crippen LogP contribution is 2.26. The van der Waals surface area contributed by atoms with Gasteiger partial charge in [0.2, 0.25) is 0 Å². The zero-order valence-corrected chi connectivity index (χ0v) is 15.1. The maximum absolute atomic E-state index is 5.25. The average Bonchev–Trinajstić information content (AvgIpc) is 3.09. The van der Waals surface area contributed by atoms with E-state index in [1.54, 1.807) is 25.2 Å². The van der Waals surface area contributed by atoms with Gasteiger partial charge >= 0.3 is 0 Å². The fourth-order valence-corrected chi connectivity index (χ4v) is 3.85. The monoisotopic (exact) mass is 355 g/mol. The highest BCUT2D eigenvalue weighted by atomic mass is 32.2. The predicted molar refractivity (Wildman–Crippen MR) is 100 cm³/mol. The summed E-state index contributed by atoms with van der Waals surface area (Å²) in [5.41, 5.74) is 2.96. The molecule has 1 N–H and O–H groups in total. The van der Waals surface area contributed by atoms with Crippen LogP contribution in [0.5, 0.6) is 5.75 Å². The lowest BCUT2D eigenvalue weighted by atomic mass is 10.1. The lowest BCUT2D eigenvalue weighted by molar-refractivity contribution is 0.415. The first-order valence-electron chi connectivity index (χ1n) is 8.54. The Kier molecular flexibility index (Phi) is 4.74. The van der Waals surface area contributed by atoms with Gasteiger partial charge < -0.3 is 14.6 Å². The van der Waals surface area contributed by atoms with E-state index in [0.717, 1.165) is 52.3 Å². The fourth-order valence-electron chi connectivity index (χ4n) is 3.06. The molecule has 6 nitrogen and oxygen atoms in total. The van der Waals surface area contributed by atoms with Crippen molar-refractivity contribution in [2.24, 2.45) is 0 Å². The molecule has 0 amide bonds. The third-order valence-electron chi connectivity index (χ3n) is 4.41. The van der Waals surface area contributed by atoms with Gasteiger partial charge in [-0.15, -0.1) is 0 Å². The van der Waals surface area contributed by atoms with Crippen molar-refractivity contribution < 1.29 is 4.74 Å². The molecule has 1 aliphatic rings. The summed E-state index contributed by atoms with van der Waals surface area (Å²) in [5.74, 6) is 2.62. The lowest BCUT2D eigenvalue weighted by Crippen LogP contribution is -2.30. The number of H-pyrrole nitrogens is 1. The second-order valence-corrected chi connectivity index (χ2v) is 7.09. The van der Waals surface area contributed by atoms with Crippen molar-refractivity contribution in [3.05, 3.63) is 36.3 Å². The Hall–Kier alpha value is -2.28. The number of piperidine rings is 1. The van der Waals surface area contributed by atoms with E-state index in [1.807, 2.05) is 18.2 Å². The molecule has 4 rings (SSSR count). The first kappa shape index (κ1) is 16.2. The van der Waals surface area contributed by atoms with Gasteiger partial charge in [-0.2, -0.15) is 0 Å². The summed E-state index contributed by atoms with van der Waals surface area (Å²) in [4.78, 5) is 19.2. The van der Waals surface area contributed by atoms with Gasteiger partial charge in [0.1, 0.15) is 17.9 Å². The van der Waals surface area contributed by atoms with Crippen LogP contribution in [0.25, 0.3) is 11.0 Å². The lowest BCUT2D eigenvalue weighted by Gasteiger charge is -2.27. The quantitative estimate of drug-likeness (QED) is 0.705. The van der Waals surface area contributed by atoms with Gasteiger partial charge in [0, 0.05) is 31.0 Å². The van der Waals surface area contributed by atoms with Crippen molar-refractivity contribution >= 4 is 28.6 Å². The van der Waals surface area contributed by atoms with Crippen molar-refractivity contribution in [2.45, 2.75) is 30.2 Å². The van der Waals surface area contributed by atoms with Crippen LogP contribution in [-0.2, 0) is 5.75 Å². The zero-order valence-electron chi connectivity index (χ0n) is 14.2. The van der Waals surface area contributed by atoms with E-state index in [2.05, 4.69) is 30.9 Å². The average molecular weight is 355 g/mol. The van der Waals surface area contributed by atoms with E-state index in [1.165, 1.54) is 19.3 Å². The minimum Gasteiger partial charge on any atom is -0.497 e. The molecule has 3 aromatic rings. The Bertz CT molecular complexity index is 860. The topological polar surface area (TPSA) is 66.9 Å². The van der Waals surface area contributed by atoms with Gasteiger partial charge in [-0.25, -0.2) is 15.0 Å². The zero-order chi connectivity index (χ0) is 17.1. The molecule has 0 atom stereocenters. The number of methoxy groups -OCH3 is 1. The highest BCUT2D eigenvalue weighted by molar-refractivity contribution is 7.98. The van der Waals surface area contributed by atoms with Gasteiger partial charge in [-0.3, -0.25) is 0 Å². The number of anilines is 1. The van der Waals surface area contributed by atoms with Crippen LogP contribution in [0.2, 0.25) is 0 Å². The van der Waals surface area contributed by atoms with E-state index < -0.39 is 0 Å². The van der Waals surface area contributed by atoms with Crippen LogP contribution in [0.1, 0.15) is 25.0 Å². The molecule has 0 aliphatic carbocycles. The van der Waals surface area contributed by atoms with Crippen LogP contribution in [0, 0.1) is 0 Å². The maximum atomic E-state index is 5.25. The Morgan fingerprint density at radius 3 is 2.88 bits per heavy atom. The second kappa shape index (κ2) is 7.31. The van der Waals surface area contributed by atoms with E-state index in [9.17, 15) is 0 Å². The summed E-state index contributed by atoms with van der Waals surface area (Å²) >= 11 is 1.65. The molecule has 130 valence electrons. The Balaban J connectivity index is 1.45. The van der Waals surface area contributed by atoms with E-state index in [-0.39, 0.29) is 0 Å². The maximum Gasteiger partial charge on any atom is 0.166 e. The molecule has 1 aliphatic heterocycles. The number of thioether (sulfide) groups is 1. The van der Waals surface area contributed by atoms with Crippen LogP contribution >= 0.6 is 11.8 Å². The SMILES string of the molecule is COc1ccc2[nH]c(SCc3cc(N4CCCCC4)ncn3)nc2c1. The van der Waals surface area contributed by atoms with Gasteiger partial charge in [-0.05, 0) is 31.4 Å². The van der Waals surface area contributed by atoms with Gasteiger partial charge in [0.25, 0.3) is 0 Å². The summed E-state index contributed by atoms with van der Waals surface area (Å²) in [6.45, 7) is 2.18. The van der Waals surface area contributed by atoms with Crippen molar-refractivity contribution in [3.63, 3.8) is 0 Å². The van der Waals surface area contributed by atoms with Crippen molar-refractivity contribution in [1.82, 2.24) is 19.9 Å². The summed E-state index contributed by atoms with van der Waals surface area (Å²) in [6, 6.07) is 7.97. The first-order chi connectivity index (χ1) is 12.3. The van der Waals surface area contributed by atoms with Crippen molar-refractivity contribution in [1.29, 1.82) is 0 Å². The molecule has 3 heterocycles. The van der Waals surface area contributed by atoms with E-state index in [0.29, 0.717) is 0 Å². The Labute approximate surface area is 151 Å². The third-order valence-corrected chi connectivity index (χ3v) is 5.32. The molecule has 1 aromatic carbocycles. The minimum absolute atomic E-state index is 0.764. The number of fused-ring (bicyclic) bond motifs is 1. The molecule has 25 heavy (non-hydrogen) atoms. The number of nitrogens with one attached hydrogen (secondary N) is 1. The molecule has 0 saturated carbocycles. The third kappa shape index (κ3) is 3.71. The van der Waals surface area contributed by atoms with E-state index in [4.69, 9.17) is 4.74 Å². The Morgan fingerprint density at radius 1 is 1.16 bits per heavy atom. The normalized spacial score (nSPS) is 14.8. The molecule has 0 radical (unpaired) electrons. The Morgan fingerprint density at radius 2 is 2.04 bits per heavy atom. The molecule has 0 spiro atoms.